The molecular formula is C18H19N3O4. The fraction of sp³-hybridized carbons (Fsp3) is 0.222. The number of nitrogens with one attached hydrogen (secondary N) is 1. The van der Waals surface area contributed by atoms with E-state index in [0.717, 1.165) is 11.3 Å². The SMILES string of the molecule is CCN(C)c1cc2[nH]c(=O)c(=O)n(O)c2cc1Oc1ccc(C)cc1. The maximum Gasteiger partial charge on any atom is 0.348 e. The van der Waals surface area contributed by atoms with Gasteiger partial charge in [0, 0.05) is 19.7 Å². The monoisotopic (exact) mass is 341 g/mol. The summed E-state index contributed by atoms with van der Waals surface area (Å²) in [5.74, 6) is 1.10. The van der Waals surface area contributed by atoms with Gasteiger partial charge in [-0.3, -0.25) is 9.59 Å². The fourth-order valence-electron chi connectivity index (χ4n) is 2.50. The number of nitrogens with zero attached hydrogens (tertiary/aromatic N) is 2. The van der Waals surface area contributed by atoms with E-state index in [1.54, 1.807) is 6.07 Å². The molecule has 0 saturated heterocycles. The lowest BCUT2D eigenvalue weighted by molar-refractivity contribution is 0.186. The highest BCUT2D eigenvalue weighted by atomic mass is 16.5. The molecule has 130 valence electrons. The van der Waals surface area contributed by atoms with E-state index in [-0.39, 0.29) is 5.52 Å². The van der Waals surface area contributed by atoms with E-state index < -0.39 is 11.1 Å². The Hall–Kier alpha value is -3.22. The minimum absolute atomic E-state index is 0.167. The number of benzene rings is 2. The lowest BCUT2D eigenvalue weighted by Crippen LogP contribution is -2.35. The summed E-state index contributed by atoms with van der Waals surface area (Å²) in [4.78, 5) is 27.7. The first-order valence-corrected chi connectivity index (χ1v) is 7.88. The van der Waals surface area contributed by atoms with Crippen LogP contribution in [0, 0.1) is 6.92 Å². The zero-order valence-corrected chi connectivity index (χ0v) is 14.2. The number of rotatable bonds is 4. The molecule has 0 fully saturated rings. The van der Waals surface area contributed by atoms with Crippen LogP contribution >= 0.6 is 0 Å². The zero-order valence-electron chi connectivity index (χ0n) is 14.2. The molecule has 25 heavy (non-hydrogen) atoms. The number of fused-ring (bicyclic) bond motifs is 1. The van der Waals surface area contributed by atoms with Crippen LogP contribution in [0.3, 0.4) is 0 Å². The Labute approximate surface area is 143 Å². The summed E-state index contributed by atoms with van der Waals surface area (Å²) in [5, 5.41) is 9.97. The van der Waals surface area contributed by atoms with E-state index in [1.807, 2.05) is 50.1 Å². The minimum Gasteiger partial charge on any atom is -0.455 e. The summed E-state index contributed by atoms with van der Waals surface area (Å²) in [6.07, 6.45) is 0. The second-order valence-electron chi connectivity index (χ2n) is 5.84. The van der Waals surface area contributed by atoms with Gasteiger partial charge in [0.25, 0.3) is 0 Å². The molecule has 0 bridgehead atoms. The number of hydrogen-bond acceptors (Lipinski definition) is 5. The topological polar surface area (TPSA) is 87.6 Å². The molecule has 0 spiro atoms. The summed E-state index contributed by atoms with van der Waals surface area (Å²) < 4.78 is 6.30. The number of aromatic nitrogens is 2. The molecule has 2 aromatic carbocycles. The van der Waals surface area contributed by atoms with E-state index in [1.165, 1.54) is 6.07 Å². The molecule has 0 aliphatic rings. The molecule has 1 aromatic heterocycles. The standard InChI is InChI=1S/C18H19N3O4/c1-4-20(3)15-9-13-14(21(24)18(23)17(22)19-13)10-16(15)25-12-7-5-11(2)6-8-12/h5-10,24H,4H2,1-3H3,(H,19,22). The Bertz CT molecular complexity index is 1040. The van der Waals surface area contributed by atoms with Gasteiger partial charge >= 0.3 is 11.1 Å². The third kappa shape index (κ3) is 3.08. The largest absolute Gasteiger partial charge is 0.455 e. The van der Waals surface area contributed by atoms with Gasteiger partial charge in [0.2, 0.25) is 0 Å². The molecule has 0 atom stereocenters. The molecular weight excluding hydrogens is 322 g/mol. The van der Waals surface area contributed by atoms with Crippen LogP contribution in [0.15, 0.2) is 46.0 Å². The summed E-state index contributed by atoms with van der Waals surface area (Å²) in [5.41, 5.74) is 0.430. The van der Waals surface area contributed by atoms with Crippen molar-refractivity contribution < 1.29 is 9.94 Å². The maximum absolute atomic E-state index is 11.7. The highest BCUT2D eigenvalue weighted by Crippen LogP contribution is 2.34. The molecule has 7 nitrogen and oxygen atoms in total. The van der Waals surface area contributed by atoms with E-state index in [2.05, 4.69) is 4.98 Å². The Balaban J connectivity index is 2.21. The van der Waals surface area contributed by atoms with Crippen LogP contribution in [-0.2, 0) is 0 Å². The highest BCUT2D eigenvalue weighted by Gasteiger charge is 2.15. The Morgan fingerprint density at radius 3 is 2.52 bits per heavy atom. The zero-order chi connectivity index (χ0) is 18.1. The van der Waals surface area contributed by atoms with Crippen molar-refractivity contribution >= 4 is 16.7 Å². The first kappa shape index (κ1) is 16.6. The fourth-order valence-corrected chi connectivity index (χ4v) is 2.50. The van der Waals surface area contributed by atoms with Crippen molar-refractivity contribution in [2.75, 3.05) is 18.5 Å². The lowest BCUT2D eigenvalue weighted by atomic mass is 10.2. The van der Waals surface area contributed by atoms with Gasteiger partial charge in [0.15, 0.2) is 5.75 Å². The Kier molecular flexibility index (Phi) is 4.22. The second-order valence-corrected chi connectivity index (χ2v) is 5.84. The predicted molar refractivity (Wildman–Crippen MR) is 96.2 cm³/mol. The molecule has 0 saturated carbocycles. The van der Waals surface area contributed by atoms with Crippen LogP contribution < -0.4 is 20.8 Å². The molecule has 0 unspecified atom stereocenters. The quantitative estimate of drug-likeness (QED) is 0.562. The van der Waals surface area contributed by atoms with Crippen LogP contribution in [0.1, 0.15) is 12.5 Å². The van der Waals surface area contributed by atoms with Gasteiger partial charge in [-0.25, -0.2) is 0 Å². The van der Waals surface area contributed by atoms with Crippen LogP contribution in [0.5, 0.6) is 11.5 Å². The van der Waals surface area contributed by atoms with Gasteiger partial charge < -0.3 is 19.8 Å². The first-order chi connectivity index (χ1) is 11.9. The Morgan fingerprint density at radius 1 is 1.20 bits per heavy atom. The van der Waals surface area contributed by atoms with Gasteiger partial charge in [0.1, 0.15) is 11.3 Å². The summed E-state index contributed by atoms with van der Waals surface area (Å²) >= 11 is 0. The molecule has 0 aliphatic heterocycles. The number of aromatic amines is 1. The van der Waals surface area contributed by atoms with Crippen LogP contribution in [0.25, 0.3) is 11.0 Å². The van der Waals surface area contributed by atoms with E-state index in [0.29, 0.717) is 28.3 Å². The molecule has 0 radical (unpaired) electrons. The van der Waals surface area contributed by atoms with Crippen molar-refractivity contribution in [3.63, 3.8) is 0 Å². The number of aryl methyl sites for hydroxylation is 1. The van der Waals surface area contributed by atoms with Gasteiger partial charge in [-0.2, -0.15) is 0 Å². The van der Waals surface area contributed by atoms with Crippen LogP contribution in [0.4, 0.5) is 5.69 Å². The highest BCUT2D eigenvalue weighted by molar-refractivity contribution is 5.83. The van der Waals surface area contributed by atoms with Crippen molar-refractivity contribution in [1.82, 2.24) is 9.71 Å². The summed E-state index contributed by atoms with van der Waals surface area (Å²) in [6, 6.07) is 10.8. The van der Waals surface area contributed by atoms with Crippen molar-refractivity contribution in [3.8, 4) is 11.5 Å². The molecule has 3 aromatic rings. The van der Waals surface area contributed by atoms with Crippen molar-refractivity contribution in [2.45, 2.75) is 13.8 Å². The van der Waals surface area contributed by atoms with Crippen LogP contribution in [0.2, 0.25) is 0 Å². The number of ether oxygens (including phenoxy) is 1. The predicted octanol–water partition coefficient (Wildman–Crippen LogP) is 2.48. The molecule has 2 N–H and O–H groups in total. The third-order valence-electron chi connectivity index (χ3n) is 4.07. The van der Waals surface area contributed by atoms with E-state index in [9.17, 15) is 14.8 Å². The minimum atomic E-state index is -1.04. The molecule has 0 amide bonds. The number of hydrogen-bond donors (Lipinski definition) is 2. The number of H-pyrrole nitrogens is 1. The first-order valence-electron chi connectivity index (χ1n) is 7.88. The van der Waals surface area contributed by atoms with E-state index in [4.69, 9.17) is 4.74 Å². The third-order valence-corrected chi connectivity index (χ3v) is 4.07. The van der Waals surface area contributed by atoms with Crippen LogP contribution in [-0.4, -0.2) is 28.5 Å². The van der Waals surface area contributed by atoms with Crippen molar-refractivity contribution in [3.05, 3.63) is 62.7 Å². The average Bonchev–Trinajstić information content (AvgIpc) is 2.61. The lowest BCUT2D eigenvalue weighted by Gasteiger charge is -2.21. The average molecular weight is 341 g/mol. The van der Waals surface area contributed by atoms with Crippen molar-refractivity contribution in [2.24, 2.45) is 0 Å². The normalized spacial score (nSPS) is 10.8. The summed E-state index contributed by atoms with van der Waals surface area (Å²) in [7, 11) is 1.89. The van der Waals surface area contributed by atoms with E-state index >= 15 is 0 Å². The van der Waals surface area contributed by atoms with Gasteiger partial charge in [-0.15, -0.1) is 4.73 Å². The molecule has 0 aliphatic carbocycles. The van der Waals surface area contributed by atoms with Gasteiger partial charge in [0.05, 0.1) is 11.2 Å². The van der Waals surface area contributed by atoms with Gasteiger partial charge in [-0.05, 0) is 32.0 Å². The van der Waals surface area contributed by atoms with Crippen molar-refractivity contribution in [1.29, 1.82) is 0 Å². The van der Waals surface area contributed by atoms with Gasteiger partial charge in [-0.1, -0.05) is 17.7 Å². The second kappa shape index (κ2) is 6.35. The molecule has 7 heteroatoms. The molecule has 3 rings (SSSR count). The Morgan fingerprint density at radius 2 is 1.88 bits per heavy atom. The smallest absolute Gasteiger partial charge is 0.348 e. The number of anilines is 1. The summed E-state index contributed by atoms with van der Waals surface area (Å²) in [6.45, 7) is 4.67. The maximum atomic E-state index is 11.7. The molecule has 1 heterocycles.